The van der Waals surface area contributed by atoms with Gasteiger partial charge in [0.15, 0.2) is 0 Å². The van der Waals surface area contributed by atoms with Crippen LogP contribution < -0.4 is 5.19 Å². The van der Waals surface area contributed by atoms with Crippen molar-refractivity contribution in [3.05, 3.63) is 30.3 Å². The lowest BCUT2D eigenvalue weighted by molar-refractivity contribution is 0.202. The van der Waals surface area contributed by atoms with Crippen molar-refractivity contribution in [2.75, 3.05) is 13.2 Å². The van der Waals surface area contributed by atoms with E-state index in [4.69, 9.17) is 8.85 Å². The summed E-state index contributed by atoms with van der Waals surface area (Å²) in [7, 11) is -1.66. The molecule has 0 unspecified atom stereocenters. The molecule has 3 heteroatoms. The summed E-state index contributed by atoms with van der Waals surface area (Å²) in [6, 6.07) is 10.4. The van der Waals surface area contributed by atoms with Crippen LogP contribution in [0.25, 0.3) is 0 Å². The van der Waals surface area contributed by atoms with Crippen LogP contribution in [-0.2, 0) is 8.85 Å². The van der Waals surface area contributed by atoms with Crippen LogP contribution in [0.5, 0.6) is 0 Å². The molecule has 1 rings (SSSR count). The summed E-state index contributed by atoms with van der Waals surface area (Å²) >= 11 is 0. The van der Waals surface area contributed by atoms with Gasteiger partial charge in [-0.25, -0.2) is 0 Å². The van der Waals surface area contributed by atoms with Crippen LogP contribution in [0.1, 0.15) is 39.5 Å². The fraction of sp³-hybridized carbons (Fsp3) is 0.571. The smallest absolute Gasteiger partial charge is 0.355 e. The Kier molecular flexibility index (Phi) is 7.97. The largest absolute Gasteiger partial charge is 0.393 e. The van der Waals surface area contributed by atoms with Crippen LogP contribution in [0, 0.1) is 0 Å². The van der Waals surface area contributed by atoms with Crippen LogP contribution in [0.3, 0.4) is 0 Å². The summed E-state index contributed by atoms with van der Waals surface area (Å²) in [5.74, 6) is 0. The lowest BCUT2D eigenvalue weighted by Crippen LogP contribution is -2.37. The number of rotatable bonds is 9. The minimum absolute atomic E-state index is 0.828. The van der Waals surface area contributed by atoms with Gasteiger partial charge in [-0.2, -0.15) is 0 Å². The number of benzene rings is 1. The first-order chi connectivity index (χ1) is 8.38. The zero-order valence-electron chi connectivity index (χ0n) is 11.0. The predicted octanol–water partition coefficient (Wildman–Crippen LogP) is 2.75. The van der Waals surface area contributed by atoms with Gasteiger partial charge in [0.25, 0.3) is 0 Å². The van der Waals surface area contributed by atoms with E-state index in [1.165, 1.54) is 18.0 Å². The molecule has 0 aliphatic rings. The number of unbranched alkanes of at least 4 members (excludes halogenated alkanes) is 2. The van der Waals surface area contributed by atoms with Crippen LogP contribution in [-0.4, -0.2) is 22.5 Å². The summed E-state index contributed by atoms with van der Waals surface area (Å²) in [4.78, 5) is 0. The first-order valence-corrected chi connectivity index (χ1v) is 8.18. The van der Waals surface area contributed by atoms with Crippen LogP contribution in [0.4, 0.5) is 0 Å². The Labute approximate surface area is 107 Å². The first-order valence-electron chi connectivity index (χ1n) is 6.66. The monoisotopic (exact) mass is 252 g/mol. The van der Waals surface area contributed by atoms with Gasteiger partial charge in [0.05, 0.1) is 0 Å². The van der Waals surface area contributed by atoms with Crippen LogP contribution in [0.2, 0.25) is 0 Å². The molecule has 0 saturated carbocycles. The molecule has 0 radical (unpaired) electrons. The maximum absolute atomic E-state index is 5.93. The molecule has 0 amide bonds. The maximum atomic E-state index is 5.93. The van der Waals surface area contributed by atoms with E-state index >= 15 is 0 Å². The predicted molar refractivity (Wildman–Crippen MR) is 74.9 cm³/mol. The minimum atomic E-state index is -1.66. The molecule has 0 heterocycles. The molecule has 1 aromatic carbocycles. The second-order valence-electron chi connectivity index (χ2n) is 4.19. The average molecular weight is 252 g/mol. The van der Waals surface area contributed by atoms with E-state index < -0.39 is 9.28 Å². The maximum Gasteiger partial charge on any atom is 0.355 e. The summed E-state index contributed by atoms with van der Waals surface area (Å²) in [6.07, 6.45) is 4.58. The molecule has 0 saturated heterocycles. The Morgan fingerprint density at radius 2 is 1.41 bits per heavy atom. The molecular weight excluding hydrogens is 228 g/mol. The van der Waals surface area contributed by atoms with E-state index in [0.29, 0.717) is 0 Å². The van der Waals surface area contributed by atoms with E-state index in [1.807, 2.05) is 6.07 Å². The third kappa shape index (κ3) is 6.01. The zero-order chi connectivity index (χ0) is 12.3. The van der Waals surface area contributed by atoms with Gasteiger partial charge in [-0.1, -0.05) is 57.0 Å². The Morgan fingerprint density at radius 3 is 1.88 bits per heavy atom. The van der Waals surface area contributed by atoms with Gasteiger partial charge >= 0.3 is 9.28 Å². The highest BCUT2D eigenvalue weighted by atomic mass is 28.3. The van der Waals surface area contributed by atoms with Gasteiger partial charge < -0.3 is 8.85 Å². The first kappa shape index (κ1) is 14.4. The van der Waals surface area contributed by atoms with Crippen molar-refractivity contribution in [2.45, 2.75) is 39.5 Å². The number of hydrogen-bond acceptors (Lipinski definition) is 2. The standard InChI is InChI=1S/C14H24O2Si/c1-3-5-12-15-17(16-13-6-4-2)14-10-8-7-9-11-14/h7-11,17H,3-6,12-13H2,1-2H3. The summed E-state index contributed by atoms with van der Waals surface area (Å²) in [6.45, 7) is 6.02. The quantitative estimate of drug-likeness (QED) is 0.497. The molecule has 1 aromatic rings. The van der Waals surface area contributed by atoms with E-state index in [9.17, 15) is 0 Å². The summed E-state index contributed by atoms with van der Waals surface area (Å²) in [5, 5.41) is 1.25. The molecule has 0 aliphatic carbocycles. The second-order valence-corrected chi connectivity index (χ2v) is 6.19. The van der Waals surface area contributed by atoms with Crippen molar-refractivity contribution in [3.63, 3.8) is 0 Å². The minimum Gasteiger partial charge on any atom is -0.393 e. The van der Waals surface area contributed by atoms with Crippen molar-refractivity contribution in [1.29, 1.82) is 0 Å². The fourth-order valence-corrected chi connectivity index (χ4v) is 3.30. The van der Waals surface area contributed by atoms with Crippen molar-refractivity contribution in [1.82, 2.24) is 0 Å². The third-order valence-corrected chi connectivity index (χ3v) is 4.61. The zero-order valence-corrected chi connectivity index (χ0v) is 12.2. The molecule has 96 valence electrons. The van der Waals surface area contributed by atoms with E-state index in [-0.39, 0.29) is 0 Å². The molecular formula is C14H24O2Si. The fourth-order valence-electron chi connectivity index (χ4n) is 1.52. The second kappa shape index (κ2) is 9.39. The molecule has 0 atom stereocenters. The molecule has 0 aliphatic heterocycles. The molecule has 0 N–H and O–H groups in total. The van der Waals surface area contributed by atoms with E-state index in [2.05, 4.69) is 38.1 Å². The highest BCUT2D eigenvalue weighted by Gasteiger charge is 2.15. The molecule has 0 fully saturated rings. The topological polar surface area (TPSA) is 18.5 Å². The third-order valence-electron chi connectivity index (χ3n) is 2.61. The Morgan fingerprint density at radius 1 is 0.882 bits per heavy atom. The van der Waals surface area contributed by atoms with Gasteiger partial charge in [-0.15, -0.1) is 0 Å². The molecule has 0 aromatic heterocycles. The lowest BCUT2D eigenvalue weighted by Gasteiger charge is -2.16. The van der Waals surface area contributed by atoms with Gasteiger partial charge in [0.1, 0.15) is 0 Å². The van der Waals surface area contributed by atoms with Crippen LogP contribution >= 0.6 is 0 Å². The Balaban J connectivity index is 2.46. The molecule has 17 heavy (non-hydrogen) atoms. The van der Waals surface area contributed by atoms with Gasteiger partial charge in [0.2, 0.25) is 0 Å². The highest BCUT2D eigenvalue weighted by molar-refractivity contribution is 6.61. The number of hydrogen-bond donors (Lipinski definition) is 0. The van der Waals surface area contributed by atoms with Gasteiger partial charge in [-0.05, 0) is 18.0 Å². The SMILES string of the molecule is CCCCO[SiH](OCCCC)c1ccccc1. The van der Waals surface area contributed by atoms with Crippen molar-refractivity contribution >= 4 is 14.5 Å². The lowest BCUT2D eigenvalue weighted by atomic mass is 10.4. The van der Waals surface area contributed by atoms with Gasteiger partial charge in [0, 0.05) is 13.2 Å². The normalized spacial score (nSPS) is 11.0. The molecule has 0 bridgehead atoms. The Hall–Kier alpha value is -0.643. The van der Waals surface area contributed by atoms with Crippen molar-refractivity contribution in [3.8, 4) is 0 Å². The molecule has 0 spiro atoms. The van der Waals surface area contributed by atoms with Crippen LogP contribution in [0.15, 0.2) is 30.3 Å². The van der Waals surface area contributed by atoms with Crippen molar-refractivity contribution in [2.24, 2.45) is 0 Å². The molecule has 2 nitrogen and oxygen atoms in total. The highest BCUT2D eigenvalue weighted by Crippen LogP contribution is 1.98. The van der Waals surface area contributed by atoms with E-state index in [0.717, 1.165) is 26.1 Å². The average Bonchev–Trinajstić information content (AvgIpc) is 2.38. The Bertz CT molecular complexity index is 267. The van der Waals surface area contributed by atoms with Crippen molar-refractivity contribution < 1.29 is 8.85 Å². The summed E-state index contributed by atoms with van der Waals surface area (Å²) < 4.78 is 11.9. The van der Waals surface area contributed by atoms with Gasteiger partial charge in [-0.3, -0.25) is 0 Å². The summed E-state index contributed by atoms with van der Waals surface area (Å²) in [5.41, 5.74) is 0. The van der Waals surface area contributed by atoms with E-state index in [1.54, 1.807) is 0 Å².